The summed E-state index contributed by atoms with van der Waals surface area (Å²) in [5.74, 6) is -1.25. The quantitative estimate of drug-likeness (QED) is 0.526. The summed E-state index contributed by atoms with van der Waals surface area (Å²) in [7, 11) is 1.33. The number of amides is 2. The van der Waals surface area contributed by atoms with Crippen LogP contribution in [-0.2, 0) is 16.1 Å². The first-order chi connectivity index (χ1) is 14.9. The summed E-state index contributed by atoms with van der Waals surface area (Å²) < 4.78 is 9.93. The first-order valence-corrected chi connectivity index (χ1v) is 10.6. The van der Waals surface area contributed by atoms with Gasteiger partial charge in [-0.2, -0.15) is 0 Å². The molecule has 0 radical (unpaired) electrons. The highest BCUT2D eigenvalue weighted by molar-refractivity contribution is 7.18. The molecule has 7 nitrogen and oxygen atoms in total. The summed E-state index contributed by atoms with van der Waals surface area (Å²) in [6, 6.07) is 14.5. The minimum absolute atomic E-state index is 0.191. The number of hydrogen-bond acceptors (Lipinski definition) is 6. The topological polar surface area (TPSA) is 88.9 Å². The molecule has 0 aliphatic heterocycles. The molecule has 8 heteroatoms. The predicted octanol–water partition coefficient (Wildman–Crippen LogP) is 4.35. The van der Waals surface area contributed by atoms with E-state index >= 15 is 0 Å². The summed E-state index contributed by atoms with van der Waals surface area (Å²) in [4.78, 5) is 39.7. The molecule has 0 aliphatic carbocycles. The van der Waals surface area contributed by atoms with Crippen LogP contribution in [0.5, 0.6) is 0 Å². The Morgan fingerprint density at radius 3 is 2.55 bits per heavy atom. The number of hydrogen-bond donors (Lipinski definition) is 1. The molecular formula is C23H24N2O5S. The van der Waals surface area contributed by atoms with Crippen molar-refractivity contribution in [3.8, 4) is 0 Å². The van der Waals surface area contributed by atoms with Crippen LogP contribution < -0.4 is 5.32 Å². The van der Waals surface area contributed by atoms with Crippen molar-refractivity contribution >= 4 is 34.1 Å². The number of ether oxygens (including phenoxy) is 1. The molecule has 2 heterocycles. The number of anilines is 1. The Labute approximate surface area is 184 Å². The van der Waals surface area contributed by atoms with Crippen LogP contribution in [0.3, 0.4) is 0 Å². The number of carbonyl (C=O) groups excluding carboxylic acids is 3. The molecule has 1 unspecified atom stereocenters. The Kier molecular flexibility index (Phi) is 7.25. The number of furan rings is 1. The Bertz CT molecular complexity index is 1040. The molecule has 2 amide bonds. The van der Waals surface area contributed by atoms with Crippen LogP contribution in [0.1, 0.15) is 38.3 Å². The lowest BCUT2D eigenvalue weighted by atomic mass is 10.1. The third-order valence-corrected chi connectivity index (χ3v) is 5.84. The van der Waals surface area contributed by atoms with E-state index in [1.54, 1.807) is 30.0 Å². The van der Waals surface area contributed by atoms with E-state index < -0.39 is 5.92 Å². The molecule has 3 rings (SSSR count). The van der Waals surface area contributed by atoms with Gasteiger partial charge in [0.1, 0.15) is 0 Å². The summed E-state index contributed by atoms with van der Waals surface area (Å²) in [6.07, 6.45) is 1.42. The van der Waals surface area contributed by atoms with E-state index in [0.29, 0.717) is 16.4 Å². The smallest absolute Gasteiger partial charge is 0.310 e. The zero-order valence-electron chi connectivity index (χ0n) is 17.6. The fourth-order valence-corrected chi connectivity index (χ4v) is 4.15. The van der Waals surface area contributed by atoms with E-state index in [1.807, 2.05) is 37.3 Å². The van der Waals surface area contributed by atoms with Crippen molar-refractivity contribution in [3.63, 3.8) is 0 Å². The first-order valence-electron chi connectivity index (χ1n) is 9.75. The third kappa shape index (κ3) is 5.61. The third-order valence-electron chi connectivity index (χ3n) is 4.69. The first kappa shape index (κ1) is 22.3. The van der Waals surface area contributed by atoms with E-state index in [4.69, 9.17) is 9.15 Å². The number of nitrogens with zero attached hydrogens (tertiary/aromatic N) is 1. The lowest BCUT2D eigenvalue weighted by molar-refractivity contribution is -0.145. The molecule has 162 valence electrons. The van der Waals surface area contributed by atoms with Gasteiger partial charge in [0.15, 0.2) is 5.76 Å². The van der Waals surface area contributed by atoms with E-state index in [1.165, 1.54) is 24.7 Å². The number of aryl methyl sites for hydroxylation is 1. The van der Waals surface area contributed by atoms with Crippen LogP contribution in [0.2, 0.25) is 0 Å². The molecule has 0 fully saturated rings. The maximum absolute atomic E-state index is 13.4. The van der Waals surface area contributed by atoms with Crippen LogP contribution in [0, 0.1) is 12.8 Å². The average Bonchev–Trinajstić information content (AvgIpc) is 3.43. The zero-order valence-corrected chi connectivity index (χ0v) is 18.4. The summed E-state index contributed by atoms with van der Waals surface area (Å²) >= 11 is 1.19. The number of methoxy groups -OCH3 is 1. The van der Waals surface area contributed by atoms with Crippen molar-refractivity contribution in [1.82, 2.24) is 4.90 Å². The summed E-state index contributed by atoms with van der Waals surface area (Å²) in [5.41, 5.74) is 1.70. The average molecular weight is 441 g/mol. The lowest BCUT2D eigenvalue weighted by Gasteiger charge is -2.25. The highest BCUT2D eigenvalue weighted by Crippen LogP contribution is 2.29. The molecule has 31 heavy (non-hydrogen) atoms. The Hall–Kier alpha value is -3.39. The Morgan fingerprint density at radius 1 is 1.16 bits per heavy atom. The number of carbonyl (C=O) groups is 3. The van der Waals surface area contributed by atoms with Gasteiger partial charge in [0.2, 0.25) is 0 Å². The largest absolute Gasteiger partial charge is 0.469 e. The van der Waals surface area contributed by atoms with Crippen molar-refractivity contribution in [3.05, 3.63) is 76.6 Å². The van der Waals surface area contributed by atoms with E-state index in [2.05, 4.69) is 5.32 Å². The van der Waals surface area contributed by atoms with Crippen molar-refractivity contribution in [2.24, 2.45) is 5.92 Å². The van der Waals surface area contributed by atoms with Crippen LogP contribution in [0.4, 0.5) is 5.00 Å². The van der Waals surface area contributed by atoms with Crippen LogP contribution in [-0.4, -0.2) is 36.3 Å². The molecule has 0 saturated heterocycles. The van der Waals surface area contributed by atoms with E-state index in [0.717, 1.165) is 11.1 Å². The molecular weight excluding hydrogens is 416 g/mol. The van der Waals surface area contributed by atoms with Gasteiger partial charge < -0.3 is 19.4 Å². The SMILES string of the molecule is COC(=O)C(C)CN(Cc1ccccc1)C(=O)c1sc(NC(=O)c2ccco2)cc1C. The van der Waals surface area contributed by atoms with Gasteiger partial charge in [-0.1, -0.05) is 37.3 Å². The molecule has 0 aliphatic rings. The molecule has 0 bridgehead atoms. The second-order valence-corrected chi connectivity index (χ2v) is 8.20. The summed E-state index contributed by atoms with van der Waals surface area (Å²) in [6.45, 7) is 4.11. The number of esters is 1. The van der Waals surface area contributed by atoms with Crippen LogP contribution >= 0.6 is 11.3 Å². The molecule has 2 aromatic heterocycles. The molecule has 0 saturated carbocycles. The van der Waals surface area contributed by atoms with Gasteiger partial charge in [0, 0.05) is 13.1 Å². The fraction of sp³-hybridized carbons (Fsp3) is 0.261. The second kappa shape index (κ2) is 10.1. The molecule has 1 N–H and O–H groups in total. The molecule has 3 aromatic rings. The highest BCUT2D eigenvalue weighted by atomic mass is 32.1. The minimum atomic E-state index is -0.476. The highest BCUT2D eigenvalue weighted by Gasteiger charge is 2.25. The molecule has 1 aromatic carbocycles. The number of nitrogens with one attached hydrogen (secondary N) is 1. The van der Waals surface area contributed by atoms with Crippen molar-refractivity contribution in [2.45, 2.75) is 20.4 Å². The lowest BCUT2D eigenvalue weighted by Crippen LogP contribution is -2.36. The van der Waals surface area contributed by atoms with E-state index in [9.17, 15) is 14.4 Å². The predicted molar refractivity (Wildman–Crippen MR) is 118 cm³/mol. The molecule has 0 spiro atoms. The zero-order chi connectivity index (χ0) is 22.4. The van der Waals surface area contributed by atoms with E-state index in [-0.39, 0.29) is 30.1 Å². The Balaban J connectivity index is 1.81. The fourth-order valence-electron chi connectivity index (χ4n) is 3.11. The van der Waals surface area contributed by atoms with Crippen molar-refractivity contribution in [2.75, 3.05) is 19.0 Å². The normalized spacial score (nSPS) is 11.6. The van der Waals surface area contributed by atoms with Gasteiger partial charge in [-0.25, -0.2) is 0 Å². The van der Waals surface area contributed by atoms with Crippen molar-refractivity contribution in [1.29, 1.82) is 0 Å². The second-order valence-electron chi connectivity index (χ2n) is 7.15. The maximum Gasteiger partial charge on any atom is 0.310 e. The maximum atomic E-state index is 13.4. The summed E-state index contributed by atoms with van der Waals surface area (Å²) in [5, 5.41) is 3.30. The van der Waals surface area contributed by atoms with Gasteiger partial charge in [-0.15, -0.1) is 11.3 Å². The standard InChI is InChI=1S/C23H24N2O5S/c1-15-12-19(24-21(26)18-10-7-11-30-18)31-20(15)22(27)25(13-16(2)23(28)29-3)14-17-8-5-4-6-9-17/h4-12,16H,13-14H2,1-3H3,(H,24,26). The van der Waals surface area contributed by atoms with Crippen LogP contribution in [0.25, 0.3) is 0 Å². The van der Waals surface area contributed by atoms with Crippen molar-refractivity contribution < 1.29 is 23.5 Å². The van der Waals surface area contributed by atoms with Gasteiger partial charge in [-0.3, -0.25) is 14.4 Å². The minimum Gasteiger partial charge on any atom is -0.469 e. The number of rotatable bonds is 8. The number of benzene rings is 1. The number of thiophene rings is 1. The van der Waals surface area contributed by atoms with Gasteiger partial charge >= 0.3 is 5.97 Å². The Morgan fingerprint density at radius 2 is 1.90 bits per heavy atom. The van der Waals surface area contributed by atoms with Gasteiger partial charge in [0.05, 0.1) is 29.2 Å². The monoisotopic (exact) mass is 440 g/mol. The van der Waals surface area contributed by atoms with Gasteiger partial charge in [0.25, 0.3) is 11.8 Å². The van der Waals surface area contributed by atoms with Crippen LogP contribution in [0.15, 0.2) is 59.2 Å². The molecule has 1 atom stereocenters. The van der Waals surface area contributed by atoms with Gasteiger partial charge in [-0.05, 0) is 36.2 Å².